The van der Waals surface area contributed by atoms with Crippen LogP contribution in [0.3, 0.4) is 0 Å². The maximum absolute atomic E-state index is 13.0. The fraction of sp³-hybridized carbons (Fsp3) is 0.0870. The van der Waals surface area contributed by atoms with E-state index in [0.717, 1.165) is 14.8 Å². The molecular formula is C23H16ClIN2O3S2. The number of nitrogens with zero attached hydrogens (tertiary/aromatic N) is 2. The van der Waals surface area contributed by atoms with Crippen molar-refractivity contribution in [2.45, 2.75) is 6.61 Å². The van der Waals surface area contributed by atoms with Crippen molar-refractivity contribution in [3.63, 3.8) is 0 Å². The van der Waals surface area contributed by atoms with Crippen LogP contribution in [-0.4, -0.2) is 22.3 Å². The number of aromatic nitrogens is 1. The summed E-state index contributed by atoms with van der Waals surface area (Å²) in [6.07, 6.45) is 3.53. The number of carbonyl (C=O) groups is 1. The van der Waals surface area contributed by atoms with Gasteiger partial charge in [-0.05, 0) is 82.8 Å². The molecule has 0 unspecified atom stereocenters. The van der Waals surface area contributed by atoms with E-state index in [4.69, 9.17) is 33.3 Å². The first-order valence-corrected chi connectivity index (χ1v) is 12.1. The number of amides is 1. The monoisotopic (exact) mass is 594 g/mol. The maximum Gasteiger partial charge on any atom is 0.270 e. The minimum atomic E-state index is -0.174. The lowest BCUT2D eigenvalue weighted by Gasteiger charge is -2.14. The van der Waals surface area contributed by atoms with Gasteiger partial charge in [-0.1, -0.05) is 41.6 Å². The van der Waals surface area contributed by atoms with Crippen molar-refractivity contribution >= 4 is 80.2 Å². The average molecular weight is 595 g/mol. The van der Waals surface area contributed by atoms with Gasteiger partial charge in [-0.25, -0.2) is 0 Å². The Morgan fingerprint density at radius 2 is 2.00 bits per heavy atom. The van der Waals surface area contributed by atoms with Crippen LogP contribution in [0.2, 0.25) is 5.02 Å². The van der Waals surface area contributed by atoms with Crippen molar-refractivity contribution in [1.82, 2.24) is 4.98 Å². The minimum absolute atomic E-state index is 0.174. The first kappa shape index (κ1) is 23.0. The highest BCUT2D eigenvalue weighted by Crippen LogP contribution is 2.39. The van der Waals surface area contributed by atoms with E-state index >= 15 is 0 Å². The van der Waals surface area contributed by atoms with E-state index < -0.39 is 0 Å². The van der Waals surface area contributed by atoms with Gasteiger partial charge in [-0.3, -0.25) is 14.7 Å². The van der Waals surface area contributed by atoms with Crippen molar-refractivity contribution in [3.05, 3.63) is 85.5 Å². The first-order chi connectivity index (χ1) is 15.5. The van der Waals surface area contributed by atoms with Crippen LogP contribution in [0.4, 0.5) is 5.69 Å². The minimum Gasteiger partial charge on any atom is -0.493 e. The highest BCUT2D eigenvalue weighted by Gasteiger charge is 2.33. The molecule has 9 heteroatoms. The number of benzene rings is 2. The Balaban J connectivity index is 1.58. The van der Waals surface area contributed by atoms with Crippen molar-refractivity contribution < 1.29 is 14.3 Å². The molecule has 5 nitrogen and oxygen atoms in total. The summed E-state index contributed by atoms with van der Waals surface area (Å²) in [5, 5.41) is 0.599. The molecule has 0 bridgehead atoms. The van der Waals surface area contributed by atoms with Crippen LogP contribution >= 0.6 is 58.2 Å². The first-order valence-electron chi connectivity index (χ1n) is 9.40. The fourth-order valence-electron chi connectivity index (χ4n) is 3.02. The second-order valence-electron chi connectivity index (χ2n) is 6.64. The quantitative estimate of drug-likeness (QED) is 0.189. The van der Waals surface area contributed by atoms with E-state index in [9.17, 15) is 4.79 Å². The molecule has 3 aromatic rings. The lowest BCUT2D eigenvalue weighted by molar-refractivity contribution is -0.113. The molecule has 0 saturated carbocycles. The van der Waals surface area contributed by atoms with Gasteiger partial charge in [0.15, 0.2) is 15.8 Å². The van der Waals surface area contributed by atoms with Gasteiger partial charge in [0.05, 0.1) is 27.0 Å². The van der Waals surface area contributed by atoms with Crippen LogP contribution in [0.5, 0.6) is 11.5 Å². The molecule has 0 radical (unpaired) electrons. The average Bonchev–Trinajstić information content (AvgIpc) is 3.06. The number of hydrogen-bond donors (Lipinski definition) is 0. The number of methoxy groups -OCH3 is 1. The SMILES string of the molecule is COc1cc(/C=C2/SC(=S)N(c3ccc(Cl)cc3)C2=O)cc(I)c1OCc1ccccn1. The molecule has 4 rings (SSSR count). The number of thiocarbonyl (C=S) groups is 1. The lowest BCUT2D eigenvalue weighted by Crippen LogP contribution is -2.27. The van der Waals surface area contributed by atoms with Crippen LogP contribution in [0.15, 0.2) is 65.7 Å². The second-order valence-corrected chi connectivity index (χ2v) is 9.91. The molecule has 162 valence electrons. The van der Waals surface area contributed by atoms with Gasteiger partial charge in [0, 0.05) is 11.2 Å². The Bertz CT molecular complexity index is 1200. The van der Waals surface area contributed by atoms with E-state index in [1.54, 1.807) is 37.6 Å². The topological polar surface area (TPSA) is 51.7 Å². The molecule has 1 fully saturated rings. The summed E-state index contributed by atoms with van der Waals surface area (Å²) in [7, 11) is 1.59. The lowest BCUT2D eigenvalue weighted by atomic mass is 10.1. The number of halogens is 2. The molecule has 1 amide bonds. The van der Waals surface area contributed by atoms with Crippen molar-refractivity contribution in [1.29, 1.82) is 0 Å². The predicted octanol–water partition coefficient (Wildman–Crippen LogP) is 6.33. The molecule has 2 heterocycles. The molecule has 0 aliphatic carbocycles. The standard InChI is InChI=1S/C23H16ClIN2O3S2/c1-29-19-11-14(10-18(25)21(19)30-13-16-4-2-3-9-26-16)12-20-22(28)27(23(31)32-20)17-7-5-15(24)6-8-17/h2-12H,13H2,1H3/b20-12+. The highest BCUT2D eigenvalue weighted by atomic mass is 127. The molecule has 0 spiro atoms. The van der Waals surface area contributed by atoms with E-state index in [0.29, 0.717) is 38.0 Å². The summed E-state index contributed by atoms with van der Waals surface area (Å²) in [6, 6.07) is 16.5. The van der Waals surface area contributed by atoms with Crippen LogP contribution in [0, 0.1) is 3.57 Å². The zero-order chi connectivity index (χ0) is 22.7. The third-order valence-electron chi connectivity index (χ3n) is 4.52. The highest BCUT2D eigenvalue weighted by molar-refractivity contribution is 14.1. The summed E-state index contributed by atoms with van der Waals surface area (Å²) >= 11 is 14.9. The van der Waals surface area contributed by atoms with Crippen LogP contribution in [0.1, 0.15) is 11.3 Å². The number of pyridine rings is 1. The number of rotatable bonds is 6. The van der Waals surface area contributed by atoms with Crippen molar-refractivity contribution in [2.75, 3.05) is 12.0 Å². The molecule has 1 aromatic heterocycles. The number of ether oxygens (including phenoxy) is 2. The number of anilines is 1. The maximum atomic E-state index is 13.0. The Hall–Kier alpha value is -2.14. The third-order valence-corrected chi connectivity index (χ3v) is 6.87. The summed E-state index contributed by atoms with van der Waals surface area (Å²) in [5.74, 6) is 1.03. The van der Waals surface area contributed by atoms with Gasteiger partial charge in [-0.2, -0.15) is 0 Å². The fourth-order valence-corrected chi connectivity index (χ4v) is 5.23. The molecule has 32 heavy (non-hydrogen) atoms. The third kappa shape index (κ3) is 5.09. The Morgan fingerprint density at radius 3 is 2.69 bits per heavy atom. The summed E-state index contributed by atoms with van der Waals surface area (Å²) < 4.78 is 12.8. The van der Waals surface area contributed by atoms with E-state index in [1.807, 2.05) is 36.4 Å². The van der Waals surface area contributed by atoms with Crippen molar-refractivity contribution in [3.8, 4) is 11.5 Å². The normalized spacial score (nSPS) is 14.8. The molecular weight excluding hydrogens is 579 g/mol. The van der Waals surface area contributed by atoms with Gasteiger partial charge in [0.25, 0.3) is 5.91 Å². The Kier molecular flexibility index (Phi) is 7.34. The Morgan fingerprint density at radius 1 is 1.22 bits per heavy atom. The van der Waals surface area contributed by atoms with Gasteiger partial charge < -0.3 is 9.47 Å². The molecule has 0 atom stereocenters. The number of thioether (sulfide) groups is 1. The molecule has 1 aliphatic rings. The summed E-state index contributed by atoms with van der Waals surface area (Å²) in [6.45, 7) is 0.326. The zero-order valence-corrected chi connectivity index (χ0v) is 21.3. The van der Waals surface area contributed by atoms with Gasteiger partial charge >= 0.3 is 0 Å². The zero-order valence-electron chi connectivity index (χ0n) is 16.7. The molecule has 1 saturated heterocycles. The van der Waals surface area contributed by atoms with Gasteiger partial charge in [-0.15, -0.1) is 0 Å². The van der Waals surface area contributed by atoms with E-state index in [-0.39, 0.29) is 5.91 Å². The predicted molar refractivity (Wildman–Crippen MR) is 141 cm³/mol. The largest absolute Gasteiger partial charge is 0.493 e. The van der Waals surface area contributed by atoms with Crippen molar-refractivity contribution in [2.24, 2.45) is 0 Å². The second kappa shape index (κ2) is 10.2. The van der Waals surface area contributed by atoms with Gasteiger partial charge in [0.2, 0.25) is 0 Å². The van der Waals surface area contributed by atoms with E-state index in [2.05, 4.69) is 27.6 Å². The molecule has 0 N–H and O–H groups in total. The van der Waals surface area contributed by atoms with Crippen LogP contribution in [0.25, 0.3) is 6.08 Å². The number of carbonyl (C=O) groups excluding carboxylic acids is 1. The van der Waals surface area contributed by atoms with Crippen LogP contribution in [-0.2, 0) is 11.4 Å². The van der Waals surface area contributed by atoms with Gasteiger partial charge in [0.1, 0.15) is 6.61 Å². The van der Waals surface area contributed by atoms with Crippen LogP contribution < -0.4 is 14.4 Å². The summed E-state index contributed by atoms with van der Waals surface area (Å²) in [4.78, 5) is 19.3. The smallest absolute Gasteiger partial charge is 0.270 e. The Labute approximate surface area is 213 Å². The van der Waals surface area contributed by atoms with E-state index in [1.165, 1.54) is 16.7 Å². The number of hydrogen-bond acceptors (Lipinski definition) is 6. The summed E-state index contributed by atoms with van der Waals surface area (Å²) in [5.41, 5.74) is 2.32. The molecule has 1 aliphatic heterocycles. The molecule has 2 aromatic carbocycles.